The predicted octanol–water partition coefficient (Wildman–Crippen LogP) is 2.41. The molecule has 7 nitrogen and oxygen atoms in total. The molecular formula is C19H22N4O3. The maximum atomic E-state index is 12.8. The van der Waals surface area contributed by atoms with Gasteiger partial charge in [-0.3, -0.25) is 9.59 Å². The fraction of sp³-hybridized carbons (Fsp3) is 0.474. The van der Waals surface area contributed by atoms with E-state index in [1.807, 2.05) is 30.3 Å². The van der Waals surface area contributed by atoms with Gasteiger partial charge in [-0.2, -0.15) is 4.98 Å². The Balaban J connectivity index is 1.47. The molecule has 2 fully saturated rings. The first-order chi connectivity index (χ1) is 12.7. The summed E-state index contributed by atoms with van der Waals surface area (Å²) in [6, 6.07) is 9.43. The minimum Gasteiger partial charge on any atom is -0.337 e. The van der Waals surface area contributed by atoms with Crippen molar-refractivity contribution in [2.24, 2.45) is 0 Å². The first-order valence-electron chi connectivity index (χ1n) is 9.18. The average Bonchev–Trinajstić information content (AvgIpc) is 3.33. The van der Waals surface area contributed by atoms with Gasteiger partial charge < -0.3 is 14.3 Å². The highest BCUT2D eigenvalue weighted by atomic mass is 16.5. The second-order valence-electron chi connectivity index (χ2n) is 6.84. The number of rotatable bonds is 4. The van der Waals surface area contributed by atoms with Gasteiger partial charge in [0.1, 0.15) is 6.04 Å². The van der Waals surface area contributed by atoms with Gasteiger partial charge in [0, 0.05) is 25.1 Å². The summed E-state index contributed by atoms with van der Waals surface area (Å²) in [5, 5.41) is 4.06. The van der Waals surface area contributed by atoms with E-state index in [4.69, 9.17) is 4.52 Å². The highest BCUT2D eigenvalue weighted by Gasteiger charge is 2.35. The van der Waals surface area contributed by atoms with E-state index in [1.165, 1.54) is 0 Å². The van der Waals surface area contributed by atoms with Crippen molar-refractivity contribution in [2.75, 3.05) is 19.6 Å². The number of hydrogen-bond donors (Lipinski definition) is 0. The average molecular weight is 354 g/mol. The van der Waals surface area contributed by atoms with E-state index in [2.05, 4.69) is 10.1 Å². The van der Waals surface area contributed by atoms with E-state index in [0.717, 1.165) is 31.2 Å². The minimum absolute atomic E-state index is 0.0396. The molecule has 0 bridgehead atoms. The monoisotopic (exact) mass is 354 g/mol. The Bertz CT molecular complexity index is 789. The van der Waals surface area contributed by atoms with Crippen LogP contribution in [-0.4, -0.2) is 51.4 Å². The SMILES string of the molecule is O=C1CCCCN1CC(=O)N1CCC[C@H]1c1nc(-c2ccccc2)no1. The third-order valence-electron chi connectivity index (χ3n) is 5.08. The molecule has 2 saturated heterocycles. The van der Waals surface area contributed by atoms with E-state index < -0.39 is 0 Å². The molecule has 3 heterocycles. The number of benzene rings is 1. The van der Waals surface area contributed by atoms with Crippen LogP contribution in [0.1, 0.15) is 44.0 Å². The summed E-state index contributed by atoms with van der Waals surface area (Å²) in [7, 11) is 0. The largest absolute Gasteiger partial charge is 0.337 e. The van der Waals surface area contributed by atoms with Gasteiger partial charge in [0.15, 0.2) is 0 Å². The number of aromatic nitrogens is 2. The molecule has 1 atom stereocenters. The molecule has 2 amide bonds. The smallest absolute Gasteiger partial charge is 0.249 e. The predicted molar refractivity (Wildman–Crippen MR) is 93.9 cm³/mol. The van der Waals surface area contributed by atoms with E-state index in [9.17, 15) is 9.59 Å². The number of piperidine rings is 1. The summed E-state index contributed by atoms with van der Waals surface area (Å²) in [6.45, 7) is 1.48. The van der Waals surface area contributed by atoms with Gasteiger partial charge in [-0.15, -0.1) is 0 Å². The Hall–Kier alpha value is -2.70. The first-order valence-corrected chi connectivity index (χ1v) is 9.18. The van der Waals surface area contributed by atoms with E-state index in [0.29, 0.717) is 31.2 Å². The molecule has 0 unspecified atom stereocenters. The Kier molecular flexibility index (Phi) is 4.69. The van der Waals surface area contributed by atoms with Crippen LogP contribution in [0.4, 0.5) is 0 Å². The van der Waals surface area contributed by atoms with Crippen LogP contribution in [0.25, 0.3) is 11.4 Å². The van der Waals surface area contributed by atoms with Crippen molar-refractivity contribution in [3.63, 3.8) is 0 Å². The lowest BCUT2D eigenvalue weighted by Crippen LogP contribution is -2.44. The van der Waals surface area contributed by atoms with Crippen molar-refractivity contribution in [2.45, 2.75) is 38.1 Å². The summed E-state index contributed by atoms with van der Waals surface area (Å²) in [6.07, 6.45) is 4.12. The Labute approximate surface area is 152 Å². The molecule has 7 heteroatoms. The van der Waals surface area contributed by atoms with Crippen LogP contribution in [0.3, 0.4) is 0 Å². The molecule has 0 saturated carbocycles. The normalized spacial score (nSPS) is 20.6. The fourth-order valence-electron chi connectivity index (χ4n) is 3.68. The minimum atomic E-state index is -0.202. The van der Waals surface area contributed by atoms with E-state index >= 15 is 0 Å². The highest BCUT2D eigenvalue weighted by molar-refractivity contribution is 5.85. The second kappa shape index (κ2) is 7.27. The zero-order chi connectivity index (χ0) is 17.9. The third-order valence-corrected chi connectivity index (χ3v) is 5.08. The highest BCUT2D eigenvalue weighted by Crippen LogP contribution is 2.32. The lowest BCUT2D eigenvalue weighted by Gasteiger charge is -2.29. The van der Waals surface area contributed by atoms with Gasteiger partial charge in [-0.1, -0.05) is 35.5 Å². The molecule has 26 heavy (non-hydrogen) atoms. The lowest BCUT2D eigenvalue weighted by molar-refractivity contribution is -0.142. The molecular weight excluding hydrogens is 332 g/mol. The summed E-state index contributed by atoms with van der Waals surface area (Å²) in [5.74, 6) is 1.04. The lowest BCUT2D eigenvalue weighted by atomic mass is 10.1. The van der Waals surface area contributed by atoms with E-state index in [-0.39, 0.29) is 24.4 Å². The molecule has 136 valence electrons. The second-order valence-corrected chi connectivity index (χ2v) is 6.84. The van der Waals surface area contributed by atoms with Crippen LogP contribution in [0.2, 0.25) is 0 Å². The number of nitrogens with zero attached hydrogens (tertiary/aromatic N) is 4. The van der Waals surface area contributed by atoms with Gasteiger partial charge in [0.05, 0.1) is 6.54 Å². The Morgan fingerprint density at radius 2 is 2.00 bits per heavy atom. The van der Waals surface area contributed by atoms with Crippen molar-refractivity contribution in [1.29, 1.82) is 0 Å². The molecule has 0 aliphatic carbocycles. The number of hydrogen-bond acceptors (Lipinski definition) is 5. The summed E-state index contributed by atoms with van der Waals surface area (Å²) < 4.78 is 5.46. The number of amides is 2. The summed E-state index contributed by atoms with van der Waals surface area (Å²) >= 11 is 0. The quantitative estimate of drug-likeness (QED) is 0.842. The molecule has 0 N–H and O–H groups in total. The van der Waals surface area contributed by atoms with Crippen LogP contribution in [-0.2, 0) is 9.59 Å². The topological polar surface area (TPSA) is 79.5 Å². The van der Waals surface area contributed by atoms with Gasteiger partial charge in [0.25, 0.3) is 0 Å². The molecule has 1 aromatic heterocycles. The molecule has 0 radical (unpaired) electrons. The molecule has 2 aliphatic heterocycles. The summed E-state index contributed by atoms with van der Waals surface area (Å²) in [4.78, 5) is 32.7. The number of carbonyl (C=O) groups excluding carboxylic acids is 2. The third kappa shape index (κ3) is 3.34. The molecule has 0 spiro atoms. The van der Waals surface area contributed by atoms with Crippen LogP contribution < -0.4 is 0 Å². The van der Waals surface area contributed by atoms with Crippen molar-refractivity contribution in [1.82, 2.24) is 19.9 Å². The Morgan fingerprint density at radius 1 is 1.15 bits per heavy atom. The van der Waals surface area contributed by atoms with Crippen LogP contribution in [0, 0.1) is 0 Å². The number of likely N-dealkylation sites (tertiary alicyclic amines) is 2. The zero-order valence-electron chi connectivity index (χ0n) is 14.6. The Morgan fingerprint density at radius 3 is 2.81 bits per heavy atom. The van der Waals surface area contributed by atoms with Crippen LogP contribution >= 0.6 is 0 Å². The standard InChI is InChI=1S/C19H22N4O3/c24-16-10-4-5-11-22(16)13-17(25)23-12-6-9-15(23)19-20-18(21-26-19)14-7-2-1-3-8-14/h1-3,7-8,15H,4-6,9-13H2/t15-/m0/s1. The van der Waals surface area contributed by atoms with E-state index in [1.54, 1.807) is 9.80 Å². The van der Waals surface area contributed by atoms with Gasteiger partial charge in [0.2, 0.25) is 23.5 Å². The van der Waals surface area contributed by atoms with Crippen molar-refractivity contribution >= 4 is 11.8 Å². The first kappa shape index (κ1) is 16.8. The molecule has 2 aliphatic rings. The summed E-state index contributed by atoms with van der Waals surface area (Å²) in [5.41, 5.74) is 0.886. The maximum absolute atomic E-state index is 12.8. The van der Waals surface area contributed by atoms with Crippen molar-refractivity contribution < 1.29 is 14.1 Å². The van der Waals surface area contributed by atoms with Crippen LogP contribution in [0.15, 0.2) is 34.9 Å². The molecule has 4 rings (SSSR count). The molecule has 1 aromatic carbocycles. The van der Waals surface area contributed by atoms with Crippen molar-refractivity contribution in [3.05, 3.63) is 36.2 Å². The van der Waals surface area contributed by atoms with Gasteiger partial charge >= 0.3 is 0 Å². The van der Waals surface area contributed by atoms with Crippen molar-refractivity contribution in [3.8, 4) is 11.4 Å². The van der Waals surface area contributed by atoms with Crippen LogP contribution in [0.5, 0.6) is 0 Å². The zero-order valence-corrected chi connectivity index (χ0v) is 14.6. The fourth-order valence-corrected chi connectivity index (χ4v) is 3.68. The number of carbonyl (C=O) groups is 2. The molecule has 2 aromatic rings. The maximum Gasteiger partial charge on any atom is 0.249 e. The van der Waals surface area contributed by atoms with Gasteiger partial charge in [-0.25, -0.2) is 0 Å². The van der Waals surface area contributed by atoms with Gasteiger partial charge in [-0.05, 0) is 25.7 Å².